The first kappa shape index (κ1) is 28.9. The van der Waals surface area contributed by atoms with E-state index in [1.165, 1.54) is 0 Å². The van der Waals surface area contributed by atoms with Gasteiger partial charge >= 0.3 is 0 Å². The van der Waals surface area contributed by atoms with Crippen molar-refractivity contribution in [1.29, 1.82) is 0 Å². The van der Waals surface area contributed by atoms with Gasteiger partial charge in [-0.1, -0.05) is 0 Å². The molecule has 3 aliphatic rings. The lowest BCUT2D eigenvalue weighted by atomic mass is 9.74. The van der Waals surface area contributed by atoms with E-state index in [2.05, 4.69) is 0 Å². The molecule has 0 bridgehead atoms. The second kappa shape index (κ2) is 10.2. The van der Waals surface area contributed by atoms with E-state index in [1.807, 2.05) is 0 Å². The second-order valence-corrected chi connectivity index (χ2v) is 8.83. The zero-order valence-electron chi connectivity index (χ0n) is 18.1. The van der Waals surface area contributed by atoms with Crippen LogP contribution in [-0.4, -0.2) is 177 Å². The van der Waals surface area contributed by atoms with Crippen molar-refractivity contribution in [2.75, 3.05) is 26.4 Å². The summed E-state index contributed by atoms with van der Waals surface area (Å²) in [6.45, 7) is -4.46. The van der Waals surface area contributed by atoms with Gasteiger partial charge in [0.2, 0.25) is 11.6 Å². The van der Waals surface area contributed by atoms with Crippen LogP contribution in [0, 0.1) is 0 Å². The Morgan fingerprint density at radius 2 is 1.23 bits per heavy atom. The number of hydrogen-bond acceptors (Lipinski definition) is 17. The van der Waals surface area contributed by atoms with Crippen molar-refractivity contribution in [2.24, 2.45) is 0 Å². The third-order valence-corrected chi connectivity index (χ3v) is 6.73. The molecule has 3 saturated heterocycles. The van der Waals surface area contributed by atoms with E-state index < -0.39 is 111 Å². The SMILES string of the molecule is OC[C@H]1OC(CO)(O[C@H]2O[C@H](CO)[C@@H](O)[C@@](O)(C3O[C@@](O)(CO)[C@@H](O)[C@H](O)[C@@H]3O)[C@H]2O)[C@@H](O)[C@@H]1O. The average Bonchev–Trinajstić information content (AvgIpc) is 3.10. The fraction of sp³-hybridized carbons (Fsp3) is 1.00. The van der Waals surface area contributed by atoms with Gasteiger partial charge in [0, 0.05) is 0 Å². The average molecular weight is 520 g/mol. The minimum atomic E-state index is -3.19. The molecule has 0 aromatic carbocycles. The van der Waals surface area contributed by atoms with Crippen LogP contribution in [0.15, 0.2) is 0 Å². The fourth-order valence-corrected chi connectivity index (χ4v) is 4.54. The number of aliphatic hydroxyl groups is 13. The van der Waals surface area contributed by atoms with E-state index in [1.54, 1.807) is 0 Å². The van der Waals surface area contributed by atoms with Gasteiger partial charge in [0.05, 0.1) is 19.8 Å². The van der Waals surface area contributed by atoms with E-state index in [4.69, 9.17) is 18.9 Å². The predicted molar refractivity (Wildman–Crippen MR) is 103 cm³/mol. The molecule has 35 heavy (non-hydrogen) atoms. The summed E-state index contributed by atoms with van der Waals surface area (Å²) in [6.07, 6.45) is -23.5. The first-order chi connectivity index (χ1) is 16.3. The van der Waals surface area contributed by atoms with Crippen LogP contribution >= 0.6 is 0 Å². The highest BCUT2D eigenvalue weighted by atomic mass is 16.8. The summed E-state index contributed by atoms with van der Waals surface area (Å²) < 4.78 is 20.7. The fourth-order valence-electron chi connectivity index (χ4n) is 4.54. The highest BCUT2D eigenvalue weighted by Crippen LogP contribution is 2.43. The van der Waals surface area contributed by atoms with Crippen molar-refractivity contribution in [3.05, 3.63) is 0 Å². The van der Waals surface area contributed by atoms with Crippen molar-refractivity contribution >= 4 is 0 Å². The molecule has 17 heteroatoms. The largest absolute Gasteiger partial charge is 0.394 e. The van der Waals surface area contributed by atoms with Crippen molar-refractivity contribution in [2.45, 2.75) is 84.5 Å². The molecule has 13 N–H and O–H groups in total. The van der Waals surface area contributed by atoms with E-state index in [0.717, 1.165) is 0 Å². The summed E-state index contributed by atoms with van der Waals surface area (Å²) in [5, 5.41) is 132. The maximum Gasteiger partial charge on any atom is 0.224 e. The molecule has 3 rings (SSSR count). The molecule has 14 atom stereocenters. The molecule has 3 aliphatic heterocycles. The molecule has 0 radical (unpaired) electrons. The molecule has 0 spiro atoms. The topological polar surface area (TPSA) is 300 Å². The van der Waals surface area contributed by atoms with E-state index in [0.29, 0.717) is 0 Å². The predicted octanol–water partition coefficient (Wildman–Crippen LogP) is -8.86. The number of ether oxygens (including phenoxy) is 4. The van der Waals surface area contributed by atoms with Crippen LogP contribution in [0.1, 0.15) is 0 Å². The van der Waals surface area contributed by atoms with Gasteiger partial charge in [-0.3, -0.25) is 0 Å². The quantitative estimate of drug-likeness (QED) is 0.148. The lowest BCUT2D eigenvalue weighted by Gasteiger charge is -2.56. The number of hydrogen-bond donors (Lipinski definition) is 13. The van der Waals surface area contributed by atoms with Crippen molar-refractivity contribution < 1.29 is 85.3 Å². The van der Waals surface area contributed by atoms with Crippen LogP contribution in [0.4, 0.5) is 0 Å². The normalized spacial score (nSPS) is 55.3. The molecule has 0 amide bonds. The molecule has 3 heterocycles. The van der Waals surface area contributed by atoms with Gasteiger partial charge in [-0.25, -0.2) is 0 Å². The molecule has 0 saturated carbocycles. The molecule has 0 aliphatic carbocycles. The van der Waals surface area contributed by atoms with E-state index >= 15 is 0 Å². The Morgan fingerprint density at radius 1 is 0.629 bits per heavy atom. The standard InChI is InChI=1S/C18H32O17/c19-1-5-7(23)12(28)17(4-22,33-5)35-15-13(29)18(31,10(26)6(2-20)32-15)14-9(25)8(24)11(27)16(30,3-21)34-14/h5-15,19-31H,1-4H2/t5-,6-,7-,8-,9+,10-,11+,12+,13+,14?,15-,16+,17?,18+/m1/s1. The molecular formula is C18H32O17. The summed E-state index contributed by atoms with van der Waals surface area (Å²) in [5.74, 6) is -5.55. The lowest BCUT2D eigenvalue weighted by Crippen LogP contribution is -2.79. The smallest absolute Gasteiger partial charge is 0.224 e. The van der Waals surface area contributed by atoms with Gasteiger partial charge in [-0.2, -0.15) is 0 Å². The summed E-state index contributed by atoms with van der Waals surface area (Å²) >= 11 is 0. The summed E-state index contributed by atoms with van der Waals surface area (Å²) in [4.78, 5) is 0. The van der Waals surface area contributed by atoms with Crippen molar-refractivity contribution in [3.8, 4) is 0 Å². The van der Waals surface area contributed by atoms with Crippen LogP contribution in [0.5, 0.6) is 0 Å². The number of rotatable bonds is 7. The monoisotopic (exact) mass is 520 g/mol. The molecule has 206 valence electrons. The Morgan fingerprint density at radius 3 is 1.71 bits per heavy atom. The van der Waals surface area contributed by atoms with Gasteiger partial charge in [-0.15, -0.1) is 0 Å². The molecular weight excluding hydrogens is 488 g/mol. The zero-order chi connectivity index (χ0) is 26.5. The van der Waals surface area contributed by atoms with Gasteiger partial charge in [0.25, 0.3) is 0 Å². The van der Waals surface area contributed by atoms with Crippen LogP contribution in [0.25, 0.3) is 0 Å². The molecule has 0 aromatic heterocycles. The van der Waals surface area contributed by atoms with Gasteiger partial charge in [-0.05, 0) is 0 Å². The Labute approximate surface area is 197 Å². The number of aliphatic hydroxyl groups excluding tert-OH is 11. The van der Waals surface area contributed by atoms with Gasteiger partial charge < -0.3 is 85.3 Å². The summed E-state index contributed by atoms with van der Waals surface area (Å²) in [5.41, 5.74) is -3.19. The summed E-state index contributed by atoms with van der Waals surface area (Å²) in [7, 11) is 0. The highest BCUT2D eigenvalue weighted by Gasteiger charge is 2.68. The molecule has 2 unspecified atom stereocenters. The van der Waals surface area contributed by atoms with Gasteiger partial charge in [0.15, 0.2) is 11.9 Å². The molecule has 3 fully saturated rings. The Bertz CT molecular complexity index is 729. The molecule has 0 aromatic rings. The van der Waals surface area contributed by atoms with Crippen molar-refractivity contribution in [3.63, 3.8) is 0 Å². The maximum absolute atomic E-state index is 11.4. The van der Waals surface area contributed by atoms with Crippen molar-refractivity contribution in [1.82, 2.24) is 0 Å². The third-order valence-electron chi connectivity index (χ3n) is 6.73. The Kier molecular flexibility index (Phi) is 8.45. The van der Waals surface area contributed by atoms with E-state index in [9.17, 15) is 66.4 Å². The summed E-state index contributed by atoms with van der Waals surface area (Å²) in [6, 6.07) is 0. The second-order valence-electron chi connectivity index (χ2n) is 8.83. The Hall–Kier alpha value is -0.680. The molecule has 17 nitrogen and oxygen atoms in total. The minimum Gasteiger partial charge on any atom is -0.394 e. The van der Waals surface area contributed by atoms with E-state index in [-0.39, 0.29) is 0 Å². The van der Waals surface area contributed by atoms with Gasteiger partial charge in [0.1, 0.15) is 67.6 Å². The zero-order valence-corrected chi connectivity index (χ0v) is 18.1. The Balaban J connectivity index is 1.99. The minimum absolute atomic E-state index is 0.832. The van der Waals surface area contributed by atoms with Crippen LogP contribution in [0.2, 0.25) is 0 Å². The first-order valence-corrected chi connectivity index (χ1v) is 10.6. The van der Waals surface area contributed by atoms with Crippen LogP contribution < -0.4 is 0 Å². The third kappa shape index (κ3) is 4.39. The van der Waals surface area contributed by atoms with Crippen LogP contribution in [-0.2, 0) is 18.9 Å². The highest BCUT2D eigenvalue weighted by molar-refractivity contribution is 5.13. The maximum atomic E-state index is 11.4. The van der Waals surface area contributed by atoms with Crippen LogP contribution in [0.3, 0.4) is 0 Å². The lowest BCUT2D eigenvalue weighted by molar-refractivity contribution is -0.432. The first-order valence-electron chi connectivity index (χ1n) is 10.6.